The summed E-state index contributed by atoms with van der Waals surface area (Å²) in [5.74, 6) is -0.331. The monoisotopic (exact) mass is 581 g/mol. The van der Waals surface area contributed by atoms with Crippen molar-refractivity contribution in [2.24, 2.45) is 10.4 Å². The number of allylic oxidation sites excluding steroid dienone is 1. The molecule has 0 unspecified atom stereocenters. The number of piperidine rings is 2. The van der Waals surface area contributed by atoms with Crippen molar-refractivity contribution < 1.29 is 17.6 Å². The number of alkyl halides is 2. The molecule has 7 rings (SSSR count). The lowest BCUT2D eigenvalue weighted by Crippen LogP contribution is -2.45. The molecule has 1 spiro atoms. The number of hydrogen-bond acceptors (Lipinski definition) is 6. The summed E-state index contributed by atoms with van der Waals surface area (Å²) in [6.45, 7) is 5.53. The van der Waals surface area contributed by atoms with Gasteiger partial charge in [-0.3, -0.25) is 9.89 Å². The summed E-state index contributed by atoms with van der Waals surface area (Å²) in [5.41, 5.74) is 2.08. The number of rotatable bonds is 5. The Morgan fingerprint density at radius 2 is 1.79 bits per heavy atom. The molecule has 6 heterocycles. The standard InChI is InChI=1S/C31H35F4N7/c1-39-10-6-31(7-11-39)8-12-40(13-9-31)17-20-2-4-26(36-16-20)41-18-23(33)28(37-19-41)21-14-22(32)29-25(15-21)42-24(30(34)35)3-5-27(42)38-29/h2,4,14-16,18,24,30H,3,5-13,17,19H2,1H3/t24-/m0/s1. The summed E-state index contributed by atoms with van der Waals surface area (Å²) < 4.78 is 59.0. The molecule has 1 aromatic carbocycles. The molecule has 2 aromatic heterocycles. The van der Waals surface area contributed by atoms with E-state index in [1.54, 1.807) is 4.90 Å². The van der Waals surface area contributed by atoms with Gasteiger partial charge in [-0.15, -0.1) is 0 Å². The van der Waals surface area contributed by atoms with Crippen LogP contribution in [0.4, 0.5) is 23.4 Å². The van der Waals surface area contributed by atoms with E-state index >= 15 is 4.39 Å². The fraction of sp³-hybridized carbons (Fsp3) is 0.516. The highest BCUT2D eigenvalue weighted by Crippen LogP contribution is 2.41. The lowest BCUT2D eigenvalue weighted by molar-refractivity contribution is 0.0400. The fourth-order valence-electron chi connectivity index (χ4n) is 7.07. The third-order valence-electron chi connectivity index (χ3n) is 9.73. The zero-order chi connectivity index (χ0) is 29.0. The van der Waals surface area contributed by atoms with E-state index in [2.05, 4.69) is 31.8 Å². The highest BCUT2D eigenvalue weighted by atomic mass is 19.3. The van der Waals surface area contributed by atoms with E-state index in [0.717, 1.165) is 25.2 Å². The summed E-state index contributed by atoms with van der Waals surface area (Å²) >= 11 is 0. The van der Waals surface area contributed by atoms with Gasteiger partial charge >= 0.3 is 0 Å². The predicted molar refractivity (Wildman–Crippen MR) is 154 cm³/mol. The van der Waals surface area contributed by atoms with E-state index in [1.165, 1.54) is 61.7 Å². The average Bonchev–Trinajstić information content (AvgIpc) is 3.57. The number of nitrogens with zero attached hydrogens (tertiary/aromatic N) is 7. The number of hydrogen-bond donors (Lipinski definition) is 0. The van der Waals surface area contributed by atoms with E-state index in [9.17, 15) is 13.2 Å². The van der Waals surface area contributed by atoms with Crippen molar-refractivity contribution in [3.8, 4) is 0 Å². The molecule has 7 nitrogen and oxygen atoms in total. The molecule has 0 amide bonds. The third kappa shape index (κ3) is 5.00. The first-order valence-corrected chi connectivity index (χ1v) is 14.8. The Bertz CT molecular complexity index is 1530. The summed E-state index contributed by atoms with van der Waals surface area (Å²) in [6, 6.07) is 5.51. The zero-order valence-corrected chi connectivity index (χ0v) is 23.7. The molecule has 0 bridgehead atoms. The summed E-state index contributed by atoms with van der Waals surface area (Å²) in [4.78, 5) is 19.7. The van der Waals surface area contributed by atoms with Crippen LogP contribution in [-0.4, -0.2) is 76.4 Å². The van der Waals surface area contributed by atoms with Gasteiger partial charge in [-0.2, -0.15) is 0 Å². The van der Waals surface area contributed by atoms with Crippen molar-refractivity contribution in [2.45, 2.75) is 57.5 Å². The average molecular weight is 582 g/mol. The van der Waals surface area contributed by atoms with Gasteiger partial charge in [-0.1, -0.05) is 6.07 Å². The molecule has 2 fully saturated rings. The number of pyridine rings is 1. The fourth-order valence-corrected chi connectivity index (χ4v) is 7.07. The van der Waals surface area contributed by atoms with Crippen LogP contribution in [0.3, 0.4) is 0 Å². The molecule has 222 valence electrons. The van der Waals surface area contributed by atoms with E-state index in [1.807, 2.05) is 18.3 Å². The van der Waals surface area contributed by atoms with E-state index in [-0.39, 0.29) is 35.4 Å². The van der Waals surface area contributed by atoms with Crippen molar-refractivity contribution in [1.29, 1.82) is 0 Å². The number of halogens is 4. The van der Waals surface area contributed by atoms with Crippen LogP contribution in [-0.2, 0) is 13.0 Å². The molecule has 11 heteroatoms. The number of aryl methyl sites for hydroxylation is 1. The number of imidazole rings is 1. The Morgan fingerprint density at radius 1 is 1.02 bits per heavy atom. The molecule has 0 radical (unpaired) electrons. The van der Waals surface area contributed by atoms with Crippen molar-refractivity contribution in [1.82, 2.24) is 24.3 Å². The second-order valence-corrected chi connectivity index (χ2v) is 12.4. The highest BCUT2D eigenvalue weighted by molar-refractivity contribution is 6.13. The lowest BCUT2D eigenvalue weighted by Gasteiger charge is -2.46. The Morgan fingerprint density at radius 3 is 2.48 bits per heavy atom. The second-order valence-electron chi connectivity index (χ2n) is 12.4. The summed E-state index contributed by atoms with van der Waals surface area (Å²) in [7, 11) is 2.21. The quantitative estimate of drug-likeness (QED) is 0.362. The van der Waals surface area contributed by atoms with Gasteiger partial charge in [0.1, 0.15) is 29.5 Å². The van der Waals surface area contributed by atoms with Crippen molar-refractivity contribution in [2.75, 3.05) is 44.8 Å². The van der Waals surface area contributed by atoms with Gasteiger partial charge in [0.05, 0.1) is 11.6 Å². The van der Waals surface area contributed by atoms with Gasteiger partial charge in [0.25, 0.3) is 6.43 Å². The number of likely N-dealkylation sites (tertiary alicyclic amines) is 2. The molecule has 4 aliphatic heterocycles. The SMILES string of the molecule is CN1CCC2(CC1)CCN(Cc1ccc(N3C=C(F)C(c4cc(F)c5nc6n(c5c4)[C@H](C(F)F)CC6)=NC3)nc1)CC2. The Kier molecular flexibility index (Phi) is 7.05. The molecule has 4 aliphatic rings. The van der Waals surface area contributed by atoms with Gasteiger partial charge in [-0.25, -0.2) is 27.5 Å². The van der Waals surface area contributed by atoms with Crippen LogP contribution in [0.25, 0.3) is 11.0 Å². The number of aliphatic imine (C=N–C) groups is 1. The second kappa shape index (κ2) is 10.8. The van der Waals surface area contributed by atoms with E-state index in [4.69, 9.17) is 0 Å². The number of fused-ring (bicyclic) bond motifs is 3. The lowest BCUT2D eigenvalue weighted by atomic mass is 9.71. The minimum atomic E-state index is -2.59. The van der Waals surface area contributed by atoms with Gasteiger partial charge in [-0.05, 0) is 94.5 Å². The minimum Gasteiger partial charge on any atom is -0.319 e. The maximum atomic E-state index is 15.4. The summed E-state index contributed by atoms with van der Waals surface area (Å²) in [5, 5.41) is 0. The Balaban J connectivity index is 1.02. The minimum absolute atomic E-state index is 0.0155. The third-order valence-corrected chi connectivity index (χ3v) is 9.73. The van der Waals surface area contributed by atoms with E-state index < -0.39 is 24.1 Å². The molecule has 2 saturated heterocycles. The number of anilines is 1. The molecular formula is C31H35F4N7. The van der Waals surface area contributed by atoms with Gasteiger partial charge < -0.3 is 14.4 Å². The molecular weight excluding hydrogens is 546 g/mol. The Labute approximate surface area is 242 Å². The maximum Gasteiger partial charge on any atom is 0.259 e. The largest absolute Gasteiger partial charge is 0.319 e. The normalized spacial score (nSPS) is 23.1. The maximum absolute atomic E-state index is 15.4. The molecule has 42 heavy (non-hydrogen) atoms. The van der Waals surface area contributed by atoms with Crippen molar-refractivity contribution in [3.05, 3.63) is 65.3 Å². The topological polar surface area (TPSA) is 52.8 Å². The van der Waals surface area contributed by atoms with Gasteiger partial charge in [0.2, 0.25) is 0 Å². The summed E-state index contributed by atoms with van der Waals surface area (Å²) in [6.07, 6.45) is 6.24. The first-order valence-electron chi connectivity index (χ1n) is 14.8. The van der Waals surface area contributed by atoms with Crippen molar-refractivity contribution in [3.63, 3.8) is 0 Å². The molecule has 0 aliphatic carbocycles. The van der Waals surface area contributed by atoms with Crippen LogP contribution in [0, 0.1) is 11.2 Å². The predicted octanol–water partition coefficient (Wildman–Crippen LogP) is 5.71. The molecule has 0 N–H and O–H groups in total. The highest BCUT2D eigenvalue weighted by Gasteiger charge is 2.37. The molecule has 3 aromatic rings. The van der Waals surface area contributed by atoms with Crippen molar-refractivity contribution >= 4 is 22.6 Å². The first kappa shape index (κ1) is 27.5. The van der Waals surface area contributed by atoms with Crippen LogP contribution in [0.2, 0.25) is 0 Å². The molecule has 0 saturated carbocycles. The number of aromatic nitrogens is 3. The van der Waals surface area contributed by atoms with Crippen LogP contribution in [0.1, 0.15) is 55.1 Å². The van der Waals surface area contributed by atoms with Crippen LogP contribution in [0.15, 0.2) is 47.5 Å². The van der Waals surface area contributed by atoms with Gasteiger partial charge in [0.15, 0.2) is 11.6 Å². The van der Waals surface area contributed by atoms with E-state index in [0.29, 0.717) is 23.5 Å². The van der Waals surface area contributed by atoms with Gasteiger partial charge in [0, 0.05) is 30.9 Å². The Hall–Kier alpha value is -3.31. The molecule has 1 atom stereocenters. The van der Waals surface area contributed by atoms with Crippen LogP contribution < -0.4 is 4.90 Å². The van der Waals surface area contributed by atoms with Crippen LogP contribution >= 0.6 is 0 Å². The number of benzene rings is 1. The van der Waals surface area contributed by atoms with Crippen LogP contribution in [0.5, 0.6) is 0 Å². The first-order chi connectivity index (χ1) is 20.3. The smallest absolute Gasteiger partial charge is 0.259 e. The zero-order valence-electron chi connectivity index (χ0n) is 23.7.